The fourth-order valence-electron chi connectivity index (χ4n) is 7.68. The summed E-state index contributed by atoms with van der Waals surface area (Å²) in [5.74, 6) is -4.79. The minimum Gasteiger partial charge on any atom is -0.502 e. The first kappa shape index (κ1) is 53.2. The lowest BCUT2D eigenvalue weighted by Crippen LogP contribution is -2.59. The van der Waals surface area contributed by atoms with Crippen LogP contribution < -0.4 is 10.6 Å². The molecule has 2 heterocycles. The van der Waals surface area contributed by atoms with Crippen molar-refractivity contribution < 1.29 is 53.0 Å². The molecule has 1 fully saturated rings. The maximum Gasteiger partial charge on any atom is 0.310 e. The molecule has 356 valence electrons. The van der Waals surface area contributed by atoms with Crippen LogP contribution in [0.2, 0.25) is 0 Å². The Labute approximate surface area is 380 Å². The Morgan fingerprint density at radius 2 is 1.73 bits per heavy atom. The summed E-state index contributed by atoms with van der Waals surface area (Å²) in [5.41, 5.74) is -0.126. The zero-order valence-electron chi connectivity index (χ0n) is 38.9. The van der Waals surface area contributed by atoms with Crippen molar-refractivity contribution in [2.45, 2.75) is 144 Å². The summed E-state index contributed by atoms with van der Waals surface area (Å²) in [6.07, 6.45) is 2.27. The number of carbonyl (C=O) groups excluding carboxylic acids is 6. The summed E-state index contributed by atoms with van der Waals surface area (Å²) in [6, 6.07) is 1.04. The average Bonchev–Trinajstić information content (AvgIpc) is 3.72. The molecule has 0 spiro atoms. The van der Waals surface area contributed by atoms with Crippen molar-refractivity contribution in [3.8, 4) is 5.75 Å². The smallest absolute Gasteiger partial charge is 0.310 e. The second-order valence-electron chi connectivity index (χ2n) is 17.5. The van der Waals surface area contributed by atoms with Gasteiger partial charge in [-0.25, -0.2) is 4.98 Å². The zero-order chi connectivity index (χ0) is 47.8. The number of likely N-dealkylation sites (N-methyl/N-ethyl adjacent to an activating group) is 1. The molecule has 1 aliphatic heterocycles. The Morgan fingerprint density at radius 3 is 2.33 bits per heavy atom. The SMILES string of the molecule is CCOC(=O)[C@@H](C)C[C@H](Cc1ccc(O)c([N+](=O)[O-])c1)NC(=O)c1csc([C@@H](C[C@H](C(C)C)N(COC(=O)CC(C)C)C(=O)[C@@H](NC(=O)[C@H]2CCCCN2C)C(C)CC)OC(C)=O)n1. The largest absolute Gasteiger partial charge is 0.502 e. The molecule has 1 saturated heterocycles. The van der Waals surface area contributed by atoms with Crippen LogP contribution in [0, 0.1) is 33.8 Å². The predicted molar refractivity (Wildman–Crippen MR) is 239 cm³/mol. The normalized spacial score (nSPS) is 17.0. The summed E-state index contributed by atoms with van der Waals surface area (Å²) in [4.78, 5) is 99.6. The van der Waals surface area contributed by atoms with E-state index < -0.39 is 89.0 Å². The first-order chi connectivity index (χ1) is 30.2. The van der Waals surface area contributed by atoms with Crippen LogP contribution in [0.25, 0.3) is 0 Å². The Kier molecular flexibility index (Phi) is 21.1. The van der Waals surface area contributed by atoms with Crippen molar-refractivity contribution in [2.75, 3.05) is 26.9 Å². The van der Waals surface area contributed by atoms with Crippen molar-refractivity contribution in [3.05, 3.63) is 50.0 Å². The first-order valence-corrected chi connectivity index (χ1v) is 23.1. The minimum absolute atomic E-state index is 0.00711. The van der Waals surface area contributed by atoms with E-state index in [0.29, 0.717) is 18.4 Å². The molecule has 18 nitrogen and oxygen atoms in total. The highest BCUT2D eigenvalue weighted by Crippen LogP contribution is 2.32. The number of amides is 3. The van der Waals surface area contributed by atoms with Gasteiger partial charge in [0.1, 0.15) is 16.7 Å². The molecule has 3 rings (SSSR count). The van der Waals surface area contributed by atoms with E-state index in [-0.39, 0.29) is 66.7 Å². The molecule has 1 unspecified atom stereocenters. The number of thiazole rings is 1. The number of nitro groups is 1. The minimum atomic E-state index is -1.07. The van der Waals surface area contributed by atoms with Crippen LogP contribution in [-0.2, 0) is 44.6 Å². The maximum atomic E-state index is 14.9. The monoisotopic (exact) mass is 916 g/mol. The number of phenolic OH excluding ortho intramolecular Hbond substituents is 1. The molecule has 3 N–H and O–H groups in total. The van der Waals surface area contributed by atoms with Crippen LogP contribution in [-0.4, -0.2) is 112 Å². The summed E-state index contributed by atoms with van der Waals surface area (Å²) >= 11 is 1.05. The predicted octanol–water partition coefficient (Wildman–Crippen LogP) is 6.10. The van der Waals surface area contributed by atoms with Crippen LogP contribution in [0.15, 0.2) is 23.6 Å². The topological polar surface area (TPSA) is 237 Å². The standard InChI is InChI=1S/C45H68N6O12S/c1-11-28(7)40(48-42(56)34-15-13-14-18-49(34)10)44(57)50(25-62-39(54)19-26(3)4)35(27(5)6)23-38(63-30(9)52)43-47-33(24-64-43)41(55)46-32(20-29(8)45(58)61-12-2)21-31-16-17-37(53)36(22-31)51(59)60/h16-17,22,24,26-29,32,34-35,38,40,53H,11-15,18-21,23,25H2,1-10H3,(H,46,55)(H,48,56)/t28?,29-,32+,34+,35+,38+,40-/m0/s1. The van der Waals surface area contributed by atoms with E-state index in [1.165, 1.54) is 35.4 Å². The number of phenols is 1. The lowest BCUT2D eigenvalue weighted by atomic mass is 9.92. The van der Waals surface area contributed by atoms with Gasteiger partial charge in [0.25, 0.3) is 5.91 Å². The number of aromatic hydroxyl groups is 1. The molecule has 0 radical (unpaired) electrons. The van der Waals surface area contributed by atoms with Crippen LogP contribution in [0.4, 0.5) is 5.69 Å². The fourth-order valence-corrected chi connectivity index (χ4v) is 8.52. The number of piperidine rings is 1. The number of aromatic nitrogens is 1. The Balaban J connectivity index is 1.99. The molecule has 1 aliphatic rings. The number of hydrogen-bond acceptors (Lipinski definition) is 15. The molecule has 1 aromatic carbocycles. The fraction of sp³-hybridized carbons (Fsp3) is 0.667. The molecule has 0 aliphatic carbocycles. The highest BCUT2D eigenvalue weighted by atomic mass is 32.1. The second-order valence-corrected chi connectivity index (χ2v) is 18.4. The number of nitro benzene ring substituents is 1. The van der Waals surface area contributed by atoms with Crippen molar-refractivity contribution in [3.63, 3.8) is 0 Å². The Hall–Kier alpha value is -5.17. The van der Waals surface area contributed by atoms with Crippen LogP contribution in [0.1, 0.15) is 134 Å². The molecular weight excluding hydrogens is 849 g/mol. The Morgan fingerprint density at radius 1 is 1.03 bits per heavy atom. The highest BCUT2D eigenvalue weighted by molar-refractivity contribution is 7.09. The number of nitrogens with one attached hydrogen (secondary N) is 2. The third-order valence-electron chi connectivity index (χ3n) is 11.4. The molecule has 0 saturated carbocycles. The molecule has 0 bridgehead atoms. The van der Waals surface area contributed by atoms with E-state index in [0.717, 1.165) is 30.7 Å². The maximum absolute atomic E-state index is 14.9. The quantitative estimate of drug-likeness (QED) is 0.0355. The molecule has 2 aromatic rings. The van der Waals surface area contributed by atoms with Gasteiger partial charge in [0, 0.05) is 43.3 Å². The van der Waals surface area contributed by atoms with Gasteiger partial charge < -0.3 is 34.9 Å². The molecule has 19 heteroatoms. The lowest BCUT2D eigenvalue weighted by molar-refractivity contribution is -0.385. The van der Waals surface area contributed by atoms with E-state index in [1.807, 2.05) is 53.5 Å². The van der Waals surface area contributed by atoms with Gasteiger partial charge in [-0.05, 0) is 75.6 Å². The van der Waals surface area contributed by atoms with E-state index in [9.17, 15) is 44.0 Å². The van der Waals surface area contributed by atoms with Gasteiger partial charge in [0.05, 0.1) is 23.5 Å². The number of carbonyl (C=O) groups is 6. The summed E-state index contributed by atoms with van der Waals surface area (Å²) < 4.78 is 16.7. The van der Waals surface area contributed by atoms with E-state index in [2.05, 4.69) is 15.6 Å². The second kappa shape index (κ2) is 25.4. The number of likely N-dealkylation sites (tertiary alicyclic amines) is 1. The van der Waals surface area contributed by atoms with Gasteiger partial charge in [0.15, 0.2) is 18.6 Å². The van der Waals surface area contributed by atoms with Gasteiger partial charge >= 0.3 is 23.6 Å². The first-order valence-electron chi connectivity index (χ1n) is 22.2. The molecule has 1 aromatic heterocycles. The van der Waals surface area contributed by atoms with Crippen molar-refractivity contribution in [1.82, 2.24) is 25.4 Å². The van der Waals surface area contributed by atoms with Gasteiger partial charge in [-0.2, -0.15) is 0 Å². The zero-order valence-corrected chi connectivity index (χ0v) is 39.7. The summed E-state index contributed by atoms with van der Waals surface area (Å²) in [5, 5.41) is 29.2. The van der Waals surface area contributed by atoms with Gasteiger partial charge in [-0.3, -0.25) is 43.8 Å². The molecule has 7 atom stereocenters. The van der Waals surface area contributed by atoms with Crippen molar-refractivity contribution >= 4 is 52.7 Å². The third kappa shape index (κ3) is 15.8. The van der Waals surface area contributed by atoms with E-state index in [4.69, 9.17) is 14.2 Å². The molecule has 64 heavy (non-hydrogen) atoms. The summed E-state index contributed by atoms with van der Waals surface area (Å²) in [7, 11) is 1.89. The summed E-state index contributed by atoms with van der Waals surface area (Å²) in [6.45, 7) is 16.3. The van der Waals surface area contributed by atoms with Gasteiger partial charge in [-0.15, -0.1) is 11.3 Å². The number of rotatable bonds is 24. The number of nitrogens with zero attached hydrogens (tertiary/aromatic N) is 4. The van der Waals surface area contributed by atoms with Crippen LogP contribution in [0.5, 0.6) is 5.75 Å². The van der Waals surface area contributed by atoms with Crippen molar-refractivity contribution in [1.29, 1.82) is 0 Å². The number of ether oxygens (including phenoxy) is 3. The van der Waals surface area contributed by atoms with E-state index in [1.54, 1.807) is 13.8 Å². The van der Waals surface area contributed by atoms with Crippen molar-refractivity contribution in [2.24, 2.45) is 23.7 Å². The number of esters is 3. The van der Waals surface area contributed by atoms with Crippen LogP contribution >= 0.6 is 11.3 Å². The Bertz CT molecular complexity index is 1920. The molecule has 3 amide bonds. The van der Waals surface area contributed by atoms with Gasteiger partial charge in [-0.1, -0.05) is 67.4 Å². The highest BCUT2D eigenvalue weighted by Gasteiger charge is 2.39. The number of hydrogen-bond donors (Lipinski definition) is 3. The molecular formula is C45H68N6O12S. The third-order valence-corrected chi connectivity index (χ3v) is 12.4. The van der Waals surface area contributed by atoms with Gasteiger partial charge in [0.2, 0.25) is 11.8 Å². The van der Waals surface area contributed by atoms with E-state index >= 15 is 0 Å². The van der Waals surface area contributed by atoms with Crippen LogP contribution in [0.3, 0.4) is 0 Å². The number of benzene rings is 1. The lowest BCUT2D eigenvalue weighted by Gasteiger charge is -2.39. The average molecular weight is 917 g/mol.